The summed E-state index contributed by atoms with van der Waals surface area (Å²) in [5.41, 5.74) is 0.521. The molecule has 6 nitrogen and oxygen atoms in total. The molecule has 1 rings (SSSR count). The number of aliphatic carboxylic acids is 1. The van der Waals surface area contributed by atoms with Crippen molar-refractivity contribution in [2.45, 2.75) is 13.8 Å². The summed E-state index contributed by atoms with van der Waals surface area (Å²) in [6.07, 6.45) is 0. The highest BCUT2D eigenvalue weighted by molar-refractivity contribution is 6.02. The highest BCUT2D eigenvalue weighted by Gasteiger charge is 2.26. The first-order valence-electron chi connectivity index (χ1n) is 6.09. The highest BCUT2D eigenvalue weighted by Crippen LogP contribution is 2.19. The van der Waals surface area contributed by atoms with E-state index in [0.29, 0.717) is 5.69 Å². The topological polar surface area (TPSA) is 92.7 Å². The molecular formula is C14H17NO5. The van der Waals surface area contributed by atoms with Crippen LogP contribution in [0.5, 0.6) is 0 Å². The second kappa shape index (κ2) is 6.70. The molecule has 0 fully saturated rings. The van der Waals surface area contributed by atoms with Crippen molar-refractivity contribution in [3.05, 3.63) is 29.8 Å². The minimum Gasteiger partial charge on any atom is -0.481 e. The Labute approximate surface area is 116 Å². The van der Waals surface area contributed by atoms with Crippen LogP contribution in [-0.4, -0.2) is 30.1 Å². The van der Waals surface area contributed by atoms with E-state index in [-0.39, 0.29) is 5.56 Å². The highest BCUT2D eigenvalue weighted by atomic mass is 16.5. The third-order valence-electron chi connectivity index (χ3n) is 3.14. The van der Waals surface area contributed by atoms with Gasteiger partial charge < -0.3 is 15.2 Å². The van der Waals surface area contributed by atoms with Crippen molar-refractivity contribution in [2.75, 3.05) is 12.4 Å². The van der Waals surface area contributed by atoms with Crippen LogP contribution in [0.2, 0.25) is 0 Å². The van der Waals surface area contributed by atoms with Crippen molar-refractivity contribution in [3.8, 4) is 0 Å². The van der Waals surface area contributed by atoms with E-state index in [1.54, 1.807) is 18.2 Å². The van der Waals surface area contributed by atoms with Gasteiger partial charge in [-0.2, -0.15) is 0 Å². The molecule has 0 spiro atoms. The number of anilines is 1. The summed E-state index contributed by atoms with van der Waals surface area (Å²) in [4.78, 5) is 34.4. The quantitative estimate of drug-likeness (QED) is 0.801. The molecule has 0 radical (unpaired) electrons. The summed E-state index contributed by atoms with van der Waals surface area (Å²) in [5.74, 6) is -3.62. The number of esters is 1. The molecule has 2 unspecified atom stereocenters. The molecule has 0 saturated carbocycles. The zero-order valence-electron chi connectivity index (χ0n) is 11.5. The van der Waals surface area contributed by atoms with Gasteiger partial charge >= 0.3 is 11.9 Å². The average Bonchev–Trinajstić information content (AvgIpc) is 2.45. The number of carbonyl (C=O) groups is 3. The fraction of sp³-hybridized carbons (Fsp3) is 0.357. The van der Waals surface area contributed by atoms with Crippen molar-refractivity contribution < 1.29 is 24.2 Å². The van der Waals surface area contributed by atoms with Gasteiger partial charge in [0.1, 0.15) is 0 Å². The van der Waals surface area contributed by atoms with Crippen LogP contribution in [0.3, 0.4) is 0 Å². The number of para-hydroxylation sites is 1. The van der Waals surface area contributed by atoms with Crippen molar-refractivity contribution in [3.63, 3.8) is 0 Å². The molecule has 2 atom stereocenters. The lowest BCUT2D eigenvalue weighted by molar-refractivity contribution is -0.145. The second-order valence-corrected chi connectivity index (χ2v) is 4.44. The van der Waals surface area contributed by atoms with Crippen LogP contribution >= 0.6 is 0 Å². The molecule has 1 aromatic carbocycles. The molecule has 0 heterocycles. The first-order valence-corrected chi connectivity index (χ1v) is 6.09. The van der Waals surface area contributed by atoms with E-state index < -0.39 is 29.7 Å². The average molecular weight is 279 g/mol. The molecule has 0 aliphatic heterocycles. The molecule has 20 heavy (non-hydrogen) atoms. The Balaban J connectivity index is 2.91. The van der Waals surface area contributed by atoms with Crippen molar-refractivity contribution in [1.82, 2.24) is 0 Å². The number of rotatable bonds is 5. The molecule has 0 saturated heterocycles. The van der Waals surface area contributed by atoms with Gasteiger partial charge in [0.25, 0.3) is 0 Å². The first kappa shape index (κ1) is 15.7. The summed E-state index contributed by atoms with van der Waals surface area (Å²) in [5, 5.41) is 11.5. The SMILES string of the molecule is COC(=O)c1ccccc1NC(=O)C(C)C(C)C(=O)O. The number of hydrogen-bond donors (Lipinski definition) is 2. The van der Waals surface area contributed by atoms with Gasteiger partial charge in [0.2, 0.25) is 5.91 Å². The molecule has 108 valence electrons. The molecule has 0 bridgehead atoms. The zero-order chi connectivity index (χ0) is 15.3. The number of carboxylic acid groups (broad SMARTS) is 1. The fourth-order valence-electron chi connectivity index (χ4n) is 1.57. The van der Waals surface area contributed by atoms with Crippen molar-refractivity contribution in [1.29, 1.82) is 0 Å². The van der Waals surface area contributed by atoms with E-state index in [1.807, 2.05) is 0 Å². The monoisotopic (exact) mass is 279 g/mol. The number of nitrogens with one attached hydrogen (secondary N) is 1. The van der Waals surface area contributed by atoms with Gasteiger partial charge in [-0.3, -0.25) is 9.59 Å². The molecule has 0 aliphatic carbocycles. The molecule has 1 amide bonds. The van der Waals surface area contributed by atoms with Crippen LogP contribution in [0, 0.1) is 11.8 Å². The van der Waals surface area contributed by atoms with Gasteiger partial charge in [-0.25, -0.2) is 4.79 Å². The number of benzene rings is 1. The van der Waals surface area contributed by atoms with Crippen LogP contribution in [0.15, 0.2) is 24.3 Å². The van der Waals surface area contributed by atoms with Crippen molar-refractivity contribution >= 4 is 23.5 Å². The van der Waals surface area contributed by atoms with Crippen molar-refractivity contribution in [2.24, 2.45) is 11.8 Å². The Bertz CT molecular complexity index is 526. The van der Waals surface area contributed by atoms with Gasteiger partial charge in [0, 0.05) is 5.92 Å². The number of carboxylic acids is 1. The Morgan fingerprint density at radius 1 is 1.15 bits per heavy atom. The van der Waals surface area contributed by atoms with Crippen LogP contribution < -0.4 is 5.32 Å². The van der Waals surface area contributed by atoms with E-state index in [1.165, 1.54) is 27.0 Å². The Kier molecular flexibility index (Phi) is 5.25. The van der Waals surface area contributed by atoms with Gasteiger partial charge in [-0.1, -0.05) is 26.0 Å². The Morgan fingerprint density at radius 3 is 2.30 bits per heavy atom. The number of carbonyl (C=O) groups excluding carboxylic acids is 2. The van der Waals surface area contributed by atoms with Gasteiger partial charge in [0.05, 0.1) is 24.3 Å². The smallest absolute Gasteiger partial charge is 0.339 e. The Morgan fingerprint density at radius 2 is 1.75 bits per heavy atom. The number of hydrogen-bond acceptors (Lipinski definition) is 4. The lowest BCUT2D eigenvalue weighted by Gasteiger charge is -2.17. The molecule has 1 aromatic rings. The molecule has 0 aliphatic rings. The van der Waals surface area contributed by atoms with E-state index >= 15 is 0 Å². The summed E-state index contributed by atoms with van der Waals surface area (Å²) < 4.78 is 4.62. The van der Waals surface area contributed by atoms with Gasteiger partial charge in [0.15, 0.2) is 0 Å². The van der Waals surface area contributed by atoms with E-state index in [4.69, 9.17) is 5.11 Å². The standard InChI is InChI=1S/C14H17NO5/c1-8(9(2)13(17)18)12(16)15-11-7-5-4-6-10(11)14(19)20-3/h4-9H,1-3H3,(H,15,16)(H,17,18). The lowest BCUT2D eigenvalue weighted by atomic mass is 9.95. The second-order valence-electron chi connectivity index (χ2n) is 4.44. The summed E-state index contributed by atoms with van der Waals surface area (Å²) in [7, 11) is 1.25. The summed E-state index contributed by atoms with van der Waals surface area (Å²) in [6.45, 7) is 2.98. The predicted octanol–water partition coefficient (Wildman–Crippen LogP) is 1.77. The van der Waals surface area contributed by atoms with Gasteiger partial charge in [-0.15, -0.1) is 0 Å². The van der Waals surface area contributed by atoms with Crippen LogP contribution in [0.1, 0.15) is 24.2 Å². The minimum absolute atomic E-state index is 0.221. The Hall–Kier alpha value is -2.37. The number of amides is 1. The van der Waals surface area contributed by atoms with Crippen LogP contribution in [-0.2, 0) is 14.3 Å². The molecular weight excluding hydrogens is 262 g/mol. The fourth-order valence-corrected chi connectivity index (χ4v) is 1.57. The maximum atomic E-state index is 12.0. The maximum Gasteiger partial charge on any atom is 0.339 e. The largest absolute Gasteiger partial charge is 0.481 e. The number of ether oxygens (including phenoxy) is 1. The van der Waals surface area contributed by atoms with Gasteiger partial charge in [-0.05, 0) is 12.1 Å². The molecule has 2 N–H and O–H groups in total. The predicted molar refractivity (Wildman–Crippen MR) is 72.4 cm³/mol. The first-order chi connectivity index (χ1) is 9.38. The lowest BCUT2D eigenvalue weighted by Crippen LogP contribution is -2.30. The molecule has 6 heteroatoms. The minimum atomic E-state index is -1.05. The van der Waals surface area contributed by atoms with E-state index in [2.05, 4.69) is 10.1 Å². The number of methoxy groups -OCH3 is 1. The normalized spacial score (nSPS) is 13.2. The summed E-state index contributed by atoms with van der Waals surface area (Å²) >= 11 is 0. The van der Waals surface area contributed by atoms with Crippen LogP contribution in [0.4, 0.5) is 5.69 Å². The van der Waals surface area contributed by atoms with E-state index in [9.17, 15) is 14.4 Å². The summed E-state index contributed by atoms with van der Waals surface area (Å²) in [6, 6.07) is 6.38. The third kappa shape index (κ3) is 3.57. The molecule has 0 aromatic heterocycles. The third-order valence-corrected chi connectivity index (χ3v) is 3.14. The van der Waals surface area contributed by atoms with Crippen LogP contribution in [0.25, 0.3) is 0 Å². The van der Waals surface area contributed by atoms with E-state index in [0.717, 1.165) is 0 Å². The maximum absolute atomic E-state index is 12.0. The zero-order valence-corrected chi connectivity index (χ0v) is 11.5.